The van der Waals surface area contributed by atoms with E-state index in [1.807, 2.05) is 6.92 Å². The molecule has 2 fully saturated rings. The van der Waals surface area contributed by atoms with Gasteiger partial charge in [0.25, 0.3) is 0 Å². The summed E-state index contributed by atoms with van der Waals surface area (Å²) in [6.07, 6.45) is 4.95. The zero-order chi connectivity index (χ0) is 24.6. The summed E-state index contributed by atoms with van der Waals surface area (Å²) in [4.78, 5) is 29.7. The lowest BCUT2D eigenvalue weighted by atomic mass is 9.95. The van der Waals surface area contributed by atoms with Crippen molar-refractivity contribution < 1.29 is 9.18 Å². The molecular weight excluding hydrogens is 453 g/mol. The Morgan fingerprint density at radius 3 is 2.42 bits per heavy atom. The number of amides is 1. The molecule has 0 N–H and O–H groups in total. The van der Waals surface area contributed by atoms with E-state index >= 15 is 0 Å². The van der Waals surface area contributed by atoms with Gasteiger partial charge >= 0.3 is 0 Å². The van der Waals surface area contributed by atoms with Crippen molar-refractivity contribution >= 4 is 22.8 Å². The van der Waals surface area contributed by atoms with Crippen LogP contribution in [0.25, 0.3) is 10.9 Å². The van der Waals surface area contributed by atoms with Crippen molar-refractivity contribution in [1.82, 2.24) is 19.8 Å². The molecular formula is C29H34FN5O. The van der Waals surface area contributed by atoms with E-state index in [9.17, 15) is 9.18 Å². The number of carbonyl (C=O) groups is 1. The van der Waals surface area contributed by atoms with Crippen LogP contribution in [0.1, 0.15) is 36.1 Å². The zero-order valence-corrected chi connectivity index (χ0v) is 21.0. The lowest BCUT2D eigenvalue weighted by molar-refractivity contribution is -0.136. The predicted molar refractivity (Wildman–Crippen MR) is 140 cm³/mol. The van der Waals surface area contributed by atoms with Crippen molar-refractivity contribution in [2.24, 2.45) is 5.92 Å². The van der Waals surface area contributed by atoms with E-state index in [-0.39, 0.29) is 11.7 Å². The van der Waals surface area contributed by atoms with E-state index in [1.54, 1.807) is 6.07 Å². The topological polar surface area (TPSA) is 52.6 Å². The largest absolute Gasteiger partial charge is 0.341 e. The van der Waals surface area contributed by atoms with Crippen molar-refractivity contribution in [3.05, 3.63) is 65.1 Å². The second-order valence-electron chi connectivity index (χ2n) is 10.6. The third-order valence-corrected chi connectivity index (χ3v) is 8.35. The van der Waals surface area contributed by atoms with Gasteiger partial charge in [-0.05, 0) is 68.4 Å². The van der Waals surface area contributed by atoms with E-state index in [2.05, 4.69) is 48.9 Å². The fourth-order valence-electron chi connectivity index (χ4n) is 6.28. The van der Waals surface area contributed by atoms with Crippen LogP contribution >= 0.6 is 0 Å². The van der Waals surface area contributed by atoms with Crippen LogP contribution < -0.4 is 4.90 Å². The number of rotatable bonds is 3. The van der Waals surface area contributed by atoms with Gasteiger partial charge in [-0.15, -0.1) is 0 Å². The first-order valence-corrected chi connectivity index (χ1v) is 13.3. The monoisotopic (exact) mass is 487 g/mol. The molecule has 3 aliphatic rings. The highest BCUT2D eigenvalue weighted by molar-refractivity contribution is 5.82. The highest BCUT2D eigenvalue weighted by atomic mass is 19.1. The third kappa shape index (κ3) is 4.57. The second-order valence-corrected chi connectivity index (χ2v) is 10.6. The summed E-state index contributed by atoms with van der Waals surface area (Å²) >= 11 is 0. The molecule has 1 aliphatic carbocycles. The molecule has 1 aromatic heterocycles. The van der Waals surface area contributed by atoms with Crippen molar-refractivity contribution in [1.29, 1.82) is 0 Å². The zero-order valence-electron chi connectivity index (χ0n) is 21.0. The number of aryl methyl sites for hydroxylation is 1. The Hall–Kier alpha value is -3.06. The Bertz CT molecular complexity index is 1250. The van der Waals surface area contributed by atoms with Crippen LogP contribution in [-0.4, -0.2) is 71.0 Å². The number of anilines is 1. The maximum absolute atomic E-state index is 13.6. The van der Waals surface area contributed by atoms with Crippen LogP contribution in [0.15, 0.2) is 42.5 Å². The van der Waals surface area contributed by atoms with Crippen LogP contribution in [0, 0.1) is 18.7 Å². The summed E-state index contributed by atoms with van der Waals surface area (Å²) in [7, 11) is 0. The molecule has 0 atom stereocenters. The molecule has 3 aromatic rings. The normalized spacial score (nSPS) is 20.1. The molecule has 6 nitrogen and oxygen atoms in total. The van der Waals surface area contributed by atoms with Crippen molar-refractivity contribution in [2.75, 3.05) is 44.2 Å². The summed E-state index contributed by atoms with van der Waals surface area (Å²) in [6.45, 7) is 7.16. The van der Waals surface area contributed by atoms with E-state index < -0.39 is 0 Å². The van der Waals surface area contributed by atoms with Crippen LogP contribution in [0.2, 0.25) is 0 Å². The Morgan fingerprint density at radius 2 is 1.67 bits per heavy atom. The summed E-state index contributed by atoms with van der Waals surface area (Å²) in [6, 6.07) is 14.0. The fraction of sp³-hybridized carbons (Fsp3) is 0.483. The van der Waals surface area contributed by atoms with Crippen LogP contribution in [-0.2, 0) is 17.6 Å². The number of benzene rings is 2. The third-order valence-electron chi connectivity index (χ3n) is 8.35. The van der Waals surface area contributed by atoms with Gasteiger partial charge in [-0.2, -0.15) is 0 Å². The maximum Gasteiger partial charge on any atom is 0.226 e. The highest BCUT2D eigenvalue weighted by Crippen LogP contribution is 2.28. The Morgan fingerprint density at radius 1 is 0.917 bits per heavy atom. The van der Waals surface area contributed by atoms with Crippen molar-refractivity contribution in [3.8, 4) is 0 Å². The molecule has 2 aliphatic heterocycles. The van der Waals surface area contributed by atoms with E-state index in [1.165, 1.54) is 23.3 Å². The fourth-order valence-corrected chi connectivity index (χ4v) is 6.28. The summed E-state index contributed by atoms with van der Waals surface area (Å²) < 4.78 is 13.6. The molecule has 0 radical (unpaired) electrons. The quantitative estimate of drug-likeness (QED) is 0.559. The molecule has 3 heterocycles. The molecule has 0 saturated carbocycles. The summed E-state index contributed by atoms with van der Waals surface area (Å²) in [5, 5.41) is 0.750. The Balaban J connectivity index is 1.05. The average Bonchev–Trinajstić information content (AvgIpc) is 3.18. The molecule has 1 amide bonds. The van der Waals surface area contributed by atoms with Gasteiger partial charge in [0, 0.05) is 56.6 Å². The van der Waals surface area contributed by atoms with E-state index in [0.29, 0.717) is 17.9 Å². The maximum atomic E-state index is 13.6. The van der Waals surface area contributed by atoms with Gasteiger partial charge in [0.15, 0.2) is 0 Å². The molecule has 7 heteroatoms. The molecule has 0 unspecified atom stereocenters. The molecule has 188 valence electrons. The van der Waals surface area contributed by atoms with Gasteiger partial charge in [-0.1, -0.05) is 24.3 Å². The van der Waals surface area contributed by atoms with Crippen LogP contribution in [0.5, 0.6) is 0 Å². The first-order valence-electron chi connectivity index (χ1n) is 13.3. The number of halogens is 1. The minimum atomic E-state index is -0.272. The minimum Gasteiger partial charge on any atom is -0.341 e. The standard InChI is InChI=1S/C29H34FN5O/c1-20-26-19-24(30)7-8-27(26)32-29(31-20)35-13-9-21(10-14-35)28(36)34-12-4-11-33(15-16-34)25-17-22-5-2-3-6-23(22)18-25/h2-3,5-8,19,21,25H,4,9-18H2,1H3. The number of carbonyl (C=O) groups excluding carboxylic acids is 1. The van der Waals surface area contributed by atoms with Gasteiger partial charge in [0.05, 0.1) is 11.2 Å². The summed E-state index contributed by atoms with van der Waals surface area (Å²) in [5.41, 5.74) is 4.53. The SMILES string of the molecule is Cc1nc(N2CCC(C(=O)N3CCCN(C4Cc5ccccc5C4)CC3)CC2)nc2ccc(F)cc12. The van der Waals surface area contributed by atoms with Crippen LogP contribution in [0.4, 0.5) is 10.3 Å². The Labute approximate surface area is 212 Å². The molecule has 36 heavy (non-hydrogen) atoms. The Kier molecular flexibility index (Phi) is 6.34. The number of piperidine rings is 1. The van der Waals surface area contributed by atoms with Gasteiger partial charge in [0.1, 0.15) is 5.82 Å². The molecule has 6 rings (SSSR count). The van der Waals surface area contributed by atoms with E-state index in [4.69, 9.17) is 0 Å². The van der Waals surface area contributed by atoms with Gasteiger partial charge < -0.3 is 9.80 Å². The lowest BCUT2D eigenvalue weighted by Gasteiger charge is -2.34. The summed E-state index contributed by atoms with van der Waals surface area (Å²) in [5.74, 6) is 0.795. The minimum absolute atomic E-state index is 0.0687. The number of hydrogen-bond acceptors (Lipinski definition) is 5. The van der Waals surface area contributed by atoms with Gasteiger partial charge in [-0.3, -0.25) is 9.69 Å². The van der Waals surface area contributed by atoms with Crippen LogP contribution in [0.3, 0.4) is 0 Å². The smallest absolute Gasteiger partial charge is 0.226 e. The first-order chi connectivity index (χ1) is 17.5. The van der Waals surface area contributed by atoms with Gasteiger partial charge in [-0.25, -0.2) is 14.4 Å². The lowest BCUT2D eigenvalue weighted by Crippen LogP contribution is -2.45. The molecule has 2 aromatic carbocycles. The van der Waals surface area contributed by atoms with Crippen molar-refractivity contribution in [2.45, 2.75) is 45.1 Å². The molecule has 2 saturated heterocycles. The number of aromatic nitrogens is 2. The number of hydrogen-bond donors (Lipinski definition) is 0. The predicted octanol–water partition coefficient (Wildman–Crippen LogP) is 4.00. The average molecular weight is 488 g/mol. The number of fused-ring (bicyclic) bond motifs is 2. The van der Waals surface area contributed by atoms with Gasteiger partial charge in [0.2, 0.25) is 11.9 Å². The first kappa shape index (κ1) is 23.3. The van der Waals surface area contributed by atoms with Crippen molar-refractivity contribution in [3.63, 3.8) is 0 Å². The van der Waals surface area contributed by atoms with E-state index in [0.717, 1.165) is 88.0 Å². The highest BCUT2D eigenvalue weighted by Gasteiger charge is 2.32. The second kappa shape index (κ2) is 9.77. The number of nitrogens with zero attached hydrogens (tertiary/aromatic N) is 5. The molecule has 0 bridgehead atoms. The molecule has 0 spiro atoms.